The number of carbonyl (C=O) groups excluding carboxylic acids is 4. The second-order valence-electron chi connectivity index (χ2n) is 21.7. The summed E-state index contributed by atoms with van der Waals surface area (Å²) in [6.45, 7) is 22.4. The molecule has 5 rings (SSSR count). The Morgan fingerprint density at radius 3 is 1.92 bits per heavy atom. The van der Waals surface area contributed by atoms with Crippen LogP contribution in [0.15, 0.2) is 59.7 Å². The molecule has 0 saturated carbocycles. The molecule has 1 N–H and O–H groups in total. The summed E-state index contributed by atoms with van der Waals surface area (Å²) < 4.78 is 84.8. The zero-order valence-corrected chi connectivity index (χ0v) is 48.4. The smallest absolute Gasteiger partial charge is 0.462 e. The van der Waals surface area contributed by atoms with Crippen LogP contribution in [0.4, 0.5) is 0 Å². The highest BCUT2D eigenvalue weighted by molar-refractivity contribution is 7.48. The van der Waals surface area contributed by atoms with E-state index in [-0.39, 0.29) is 75.6 Å². The summed E-state index contributed by atoms with van der Waals surface area (Å²) in [6.07, 6.45) is -8.16. The molecule has 13 atom stereocenters. The highest BCUT2D eigenvalue weighted by atomic mass is 31.2. The van der Waals surface area contributed by atoms with Crippen molar-refractivity contribution in [3.8, 4) is 0 Å². The van der Waals surface area contributed by atoms with Crippen molar-refractivity contribution in [2.24, 2.45) is 22.9 Å². The number of phosphoric acid groups is 1. The first-order chi connectivity index (χ1) is 36.0. The third-order valence-electron chi connectivity index (χ3n) is 14.8. The number of esters is 3. The Morgan fingerprint density at radius 2 is 1.37 bits per heavy atom. The van der Waals surface area contributed by atoms with Crippen LogP contribution in [0.5, 0.6) is 0 Å². The van der Waals surface area contributed by atoms with E-state index in [4.69, 9.17) is 51.2 Å². The quantitative estimate of drug-likeness (QED) is 0.0175. The molecule has 0 bridgehead atoms. The first-order valence-corrected chi connectivity index (χ1v) is 31.2. The molecule has 5 unspecified atom stereocenters. The molecule has 3 aliphatic rings. The Kier molecular flexibility index (Phi) is 24.0. The van der Waals surface area contributed by atoms with Gasteiger partial charge in [0.15, 0.2) is 27.0 Å². The molecule has 0 aromatic heterocycles. The average Bonchev–Trinajstić information content (AvgIpc) is 3.55. The number of fused-ring (bicyclic) bond motifs is 1. The number of hydrogen-bond acceptors (Lipinski definition) is 17. The van der Waals surface area contributed by atoms with Crippen molar-refractivity contribution in [2.45, 2.75) is 213 Å². The van der Waals surface area contributed by atoms with Crippen LogP contribution < -0.4 is 5.32 Å². The first kappa shape index (κ1) is 62.6. The van der Waals surface area contributed by atoms with Gasteiger partial charge in [-0.1, -0.05) is 142 Å². The number of hydrogen-bond donors (Lipinski definition) is 1. The number of nitrogens with zero attached hydrogens (tertiary/aromatic N) is 3. The van der Waals surface area contributed by atoms with Gasteiger partial charge in [0.25, 0.3) is 0 Å². The normalized spacial score (nSPS) is 26.8. The van der Waals surface area contributed by atoms with Crippen molar-refractivity contribution in [3.63, 3.8) is 0 Å². The SMILES string of the molecule is CCC(=O)O[C@H](CC)CC(=O)NC1[C@H](OCC2OC(O[Si](C)(C)C(C)(C)C)C(N=[N+]=[N-])[C@@H](OC(=O)C[C@H](C)CC)[C@@H]2C)OC(COCc2ccccc2)[C@@H](OP2(=O)OCc3ccccc3CO2)[C@@H]1OC(=O)C[C@H](C)CC. The summed E-state index contributed by atoms with van der Waals surface area (Å²) in [4.78, 5) is 57.8. The third kappa shape index (κ3) is 17.9. The lowest BCUT2D eigenvalue weighted by molar-refractivity contribution is -0.292. The summed E-state index contributed by atoms with van der Waals surface area (Å²) in [6, 6.07) is 14.1. The van der Waals surface area contributed by atoms with Crippen LogP contribution in [0.25, 0.3) is 10.4 Å². The highest BCUT2D eigenvalue weighted by Gasteiger charge is 2.55. The molecule has 2 saturated heterocycles. The zero-order valence-electron chi connectivity index (χ0n) is 46.5. The maximum absolute atomic E-state index is 14.9. The van der Waals surface area contributed by atoms with Gasteiger partial charge < -0.3 is 42.9 Å². The largest absolute Gasteiger partial charge is 0.475 e. The molecule has 3 aliphatic heterocycles. The standard InChI is InChI=1S/C54H83N4O16PSi/c1-13-34(5)26-45(61)71-49-36(7)41(69-53(48(49)57-58-55)74-76(11,12)54(8,9)10)33-65-52-47(56-43(59)28-40(15-3)68-44(60)16-4)51(72-46(62)27-35(6)14-2)50(42(70-52)32-64-29-37-22-18-17-19-23-37)73-75(63)66-30-38-24-20-21-25-39(38)31-67-75/h17-25,34-36,40-42,47-53H,13-16,26-33H2,1-12H3,(H,56,59)/t34-,35-,36-,40-,41?,42?,47?,48?,49+,50-,51-,52-,53?/m1/s1. The van der Waals surface area contributed by atoms with Crippen LogP contribution >= 0.6 is 7.82 Å². The topological polar surface area (TPSA) is 248 Å². The van der Waals surface area contributed by atoms with Crippen LogP contribution in [-0.4, -0.2) is 107 Å². The minimum Gasteiger partial charge on any atom is -0.462 e. The minimum absolute atomic E-state index is 0.0149. The molecule has 20 nitrogen and oxygen atoms in total. The molecule has 2 aromatic rings. The molecule has 0 spiro atoms. The monoisotopic (exact) mass is 1100 g/mol. The van der Waals surface area contributed by atoms with Crippen LogP contribution in [0.1, 0.15) is 131 Å². The highest BCUT2D eigenvalue weighted by Crippen LogP contribution is 2.55. The van der Waals surface area contributed by atoms with Gasteiger partial charge in [-0.25, -0.2) is 4.57 Å². The van der Waals surface area contributed by atoms with Gasteiger partial charge in [-0.05, 0) is 58.6 Å². The predicted octanol–water partition coefficient (Wildman–Crippen LogP) is 10.5. The molecule has 22 heteroatoms. The summed E-state index contributed by atoms with van der Waals surface area (Å²) in [5, 5.41) is 6.76. The Balaban J connectivity index is 1.61. The Morgan fingerprint density at radius 1 is 0.789 bits per heavy atom. The van der Waals surface area contributed by atoms with Crippen molar-refractivity contribution in [3.05, 3.63) is 81.7 Å². The summed E-state index contributed by atoms with van der Waals surface area (Å²) in [5.74, 6) is -3.05. The van der Waals surface area contributed by atoms with E-state index in [1.807, 2.05) is 95.4 Å². The van der Waals surface area contributed by atoms with E-state index < -0.39 is 107 Å². The zero-order chi connectivity index (χ0) is 55.8. The lowest BCUT2D eigenvalue weighted by atomic mass is 9.89. The van der Waals surface area contributed by atoms with Gasteiger partial charge in [0, 0.05) is 30.1 Å². The van der Waals surface area contributed by atoms with E-state index in [1.54, 1.807) is 20.8 Å². The molecule has 0 radical (unpaired) electrons. The van der Waals surface area contributed by atoms with E-state index in [9.17, 15) is 29.3 Å². The fourth-order valence-corrected chi connectivity index (χ4v) is 10.9. The van der Waals surface area contributed by atoms with E-state index >= 15 is 0 Å². The molecular weight excluding hydrogens is 1020 g/mol. The van der Waals surface area contributed by atoms with E-state index in [1.165, 1.54) is 0 Å². The van der Waals surface area contributed by atoms with Gasteiger partial charge in [0.2, 0.25) is 5.91 Å². The number of amides is 1. The minimum atomic E-state index is -4.55. The molecule has 1 amide bonds. The van der Waals surface area contributed by atoms with Crippen LogP contribution in [-0.2, 0) is 94.7 Å². The fraction of sp³-hybridized carbons (Fsp3) is 0.704. The van der Waals surface area contributed by atoms with E-state index in [0.29, 0.717) is 12.8 Å². The lowest BCUT2D eigenvalue weighted by Crippen LogP contribution is -2.67. The van der Waals surface area contributed by atoms with Gasteiger partial charge in [0.05, 0.1) is 45.6 Å². The van der Waals surface area contributed by atoms with Gasteiger partial charge in [0.1, 0.15) is 36.5 Å². The predicted molar refractivity (Wildman–Crippen MR) is 283 cm³/mol. The molecule has 3 heterocycles. The number of carbonyl (C=O) groups is 4. The lowest BCUT2D eigenvalue weighted by Gasteiger charge is -2.49. The van der Waals surface area contributed by atoms with E-state index in [0.717, 1.165) is 23.1 Å². The molecule has 2 fully saturated rings. The number of nitrogens with one attached hydrogen (secondary N) is 1. The fourth-order valence-electron chi connectivity index (χ4n) is 8.46. The van der Waals surface area contributed by atoms with Gasteiger partial charge in [-0.3, -0.25) is 32.7 Å². The summed E-state index contributed by atoms with van der Waals surface area (Å²) >= 11 is 0. The van der Waals surface area contributed by atoms with Crippen molar-refractivity contribution < 1.29 is 74.9 Å². The van der Waals surface area contributed by atoms with Gasteiger partial charge in [-0.15, -0.1) is 0 Å². The number of benzene rings is 2. The molecule has 2 aromatic carbocycles. The van der Waals surface area contributed by atoms with Crippen LogP contribution in [0.3, 0.4) is 0 Å². The third-order valence-corrected chi connectivity index (χ3v) is 20.6. The Hall–Kier alpha value is -4.24. The van der Waals surface area contributed by atoms with Crippen molar-refractivity contribution >= 4 is 40.0 Å². The molecule has 0 aliphatic carbocycles. The number of azide groups is 1. The van der Waals surface area contributed by atoms with Crippen molar-refractivity contribution in [1.82, 2.24) is 5.32 Å². The van der Waals surface area contributed by atoms with Crippen molar-refractivity contribution in [2.75, 3.05) is 13.2 Å². The second kappa shape index (κ2) is 29.1. The number of ether oxygens (including phenoxy) is 7. The maximum atomic E-state index is 14.9. The maximum Gasteiger partial charge on any atom is 0.475 e. The summed E-state index contributed by atoms with van der Waals surface area (Å²) in [7, 11) is -7.23. The first-order valence-electron chi connectivity index (χ1n) is 26.8. The molecule has 424 valence electrons. The molecule has 76 heavy (non-hydrogen) atoms. The van der Waals surface area contributed by atoms with E-state index in [2.05, 4.69) is 36.1 Å². The van der Waals surface area contributed by atoms with Gasteiger partial charge >= 0.3 is 25.7 Å². The molecular formula is C54H83N4O16PSi. The number of phosphoric ester groups is 1. The van der Waals surface area contributed by atoms with Crippen molar-refractivity contribution in [1.29, 1.82) is 0 Å². The summed E-state index contributed by atoms with van der Waals surface area (Å²) in [5.41, 5.74) is 12.2. The van der Waals surface area contributed by atoms with Crippen LogP contribution in [0, 0.1) is 17.8 Å². The van der Waals surface area contributed by atoms with Gasteiger partial charge in [-0.2, -0.15) is 0 Å². The second-order valence-corrected chi connectivity index (χ2v) is 28.1. The number of rotatable bonds is 26. The Bertz CT molecular complexity index is 2270. The Labute approximate surface area is 449 Å². The van der Waals surface area contributed by atoms with Crippen LogP contribution in [0.2, 0.25) is 18.1 Å². The average molecular weight is 1100 g/mol.